The monoisotopic (exact) mass is 444 g/mol. The molecule has 0 radical (unpaired) electrons. The summed E-state index contributed by atoms with van der Waals surface area (Å²) in [5, 5.41) is 3.26. The van der Waals surface area contributed by atoms with E-state index in [4.69, 9.17) is 11.6 Å². The Morgan fingerprint density at radius 3 is 2.40 bits per heavy atom. The van der Waals surface area contributed by atoms with Crippen LogP contribution in [0.1, 0.15) is 13.3 Å². The molecule has 1 amide bonds. The number of nitrogens with zero attached hydrogens (tertiary/aromatic N) is 1. The predicted octanol–water partition coefficient (Wildman–Crippen LogP) is 4.29. The second-order valence-corrected chi connectivity index (χ2v) is 8.67. The first kappa shape index (κ1) is 19.8. The molecule has 0 aromatic heterocycles. The van der Waals surface area contributed by atoms with E-state index < -0.39 is 22.0 Å². The van der Waals surface area contributed by atoms with E-state index in [1.165, 1.54) is 0 Å². The topological polar surface area (TPSA) is 66.5 Å². The van der Waals surface area contributed by atoms with E-state index in [1.54, 1.807) is 49.4 Å². The lowest BCUT2D eigenvalue weighted by atomic mass is 10.2. The molecule has 25 heavy (non-hydrogen) atoms. The molecular weight excluding hydrogens is 428 g/mol. The third-order valence-corrected chi connectivity index (χ3v) is 5.43. The van der Waals surface area contributed by atoms with Crippen molar-refractivity contribution in [2.45, 2.75) is 19.4 Å². The van der Waals surface area contributed by atoms with Crippen LogP contribution in [0.25, 0.3) is 0 Å². The summed E-state index contributed by atoms with van der Waals surface area (Å²) in [6, 6.07) is 12.6. The van der Waals surface area contributed by atoms with E-state index in [1.807, 2.05) is 6.07 Å². The van der Waals surface area contributed by atoms with Gasteiger partial charge in [0.25, 0.3) is 0 Å². The van der Waals surface area contributed by atoms with Crippen molar-refractivity contribution in [3.8, 4) is 0 Å². The van der Waals surface area contributed by atoms with Crippen LogP contribution in [0.15, 0.2) is 53.0 Å². The van der Waals surface area contributed by atoms with Gasteiger partial charge >= 0.3 is 0 Å². The average Bonchev–Trinajstić information content (AvgIpc) is 2.52. The molecule has 0 fully saturated rings. The summed E-state index contributed by atoms with van der Waals surface area (Å²) in [5.74, 6) is -0.402. The standard InChI is InChI=1S/C17H18BrClN2O3S/c1-3-16(17(22)20-14-6-4-5-12(18)11-14)21(25(2,23)24)15-9-7-13(19)8-10-15/h4-11,16H,3H2,1-2H3,(H,20,22)/t16-/m1/s1. The molecule has 8 heteroatoms. The summed E-state index contributed by atoms with van der Waals surface area (Å²) in [5.41, 5.74) is 0.977. The van der Waals surface area contributed by atoms with Gasteiger partial charge in [0.1, 0.15) is 6.04 Å². The molecular formula is C17H18BrClN2O3S. The van der Waals surface area contributed by atoms with Crippen LogP contribution in [0.5, 0.6) is 0 Å². The normalized spacial score (nSPS) is 12.5. The van der Waals surface area contributed by atoms with Gasteiger partial charge in [-0.2, -0.15) is 0 Å². The van der Waals surface area contributed by atoms with Crippen LogP contribution in [0.2, 0.25) is 5.02 Å². The number of hydrogen-bond donors (Lipinski definition) is 1. The molecule has 0 saturated heterocycles. The van der Waals surface area contributed by atoms with Gasteiger partial charge in [-0.05, 0) is 48.9 Å². The van der Waals surface area contributed by atoms with Crippen molar-refractivity contribution < 1.29 is 13.2 Å². The van der Waals surface area contributed by atoms with Crippen LogP contribution in [0, 0.1) is 0 Å². The first-order valence-corrected chi connectivity index (χ1v) is 10.6. The molecule has 0 aliphatic carbocycles. The fraction of sp³-hybridized carbons (Fsp3) is 0.235. The number of carbonyl (C=O) groups is 1. The van der Waals surface area contributed by atoms with Crippen molar-refractivity contribution >= 4 is 54.8 Å². The zero-order valence-electron chi connectivity index (χ0n) is 13.7. The Kier molecular flexibility index (Phi) is 6.48. The van der Waals surface area contributed by atoms with Crippen LogP contribution in [0.4, 0.5) is 11.4 Å². The Morgan fingerprint density at radius 1 is 1.24 bits per heavy atom. The minimum absolute atomic E-state index is 0.315. The number of rotatable bonds is 6. The Bertz CT molecular complexity index is 856. The highest BCUT2D eigenvalue weighted by Crippen LogP contribution is 2.25. The molecule has 0 unspecified atom stereocenters. The summed E-state index contributed by atoms with van der Waals surface area (Å²) < 4.78 is 26.6. The van der Waals surface area contributed by atoms with Gasteiger partial charge in [-0.25, -0.2) is 8.42 Å². The zero-order chi connectivity index (χ0) is 18.6. The lowest BCUT2D eigenvalue weighted by molar-refractivity contribution is -0.117. The highest BCUT2D eigenvalue weighted by Gasteiger charge is 2.31. The van der Waals surface area contributed by atoms with E-state index in [0.29, 0.717) is 22.8 Å². The number of anilines is 2. The first-order valence-electron chi connectivity index (χ1n) is 7.53. The molecule has 1 atom stereocenters. The minimum Gasteiger partial charge on any atom is -0.324 e. The third kappa shape index (κ3) is 5.20. The molecule has 0 saturated carbocycles. The van der Waals surface area contributed by atoms with Gasteiger partial charge in [0.2, 0.25) is 15.9 Å². The largest absolute Gasteiger partial charge is 0.324 e. The van der Waals surface area contributed by atoms with Gasteiger partial charge in [-0.1, -0.05) is 40.5 Å². The molecule has 2 aromatic rings. The molecule has 1 N–H and O–H groups in total. The van der Waals surface area contributed by atoms with Crippen LogP contribution >= 0.6 is 27.5 Å². The van der Waals surface area contributed by atoms with Gasteiger partial charge in [0.15, 0.2) is 0 Å². The molecule has 2 rings (SSSR count). The van der Waals surface area contributed by atoms with E-state index in [9.17, 15) is 13.2 Å². The number of hydrogen-bond acceptors (Lipinski definition) is 3. The molecule has 0 aliphatic heterocycles. The lowest BCUT2D eigenvalue weighted by Crippen LogP contribution is -2.46. The predicted molar refractivity (Wildman–Crippen MR) is 106 cm³/mol. The number of halogens is 2. The second-order valence-electron chi connectivity index (χ2n) is 5.46. The smallest absolute Gasteiger partial charge is 0.248 e. The van der Waals surface area contributed by atoms with Gasteiger partial charge in [-0.3, -0.25) is 9.10 Å². The number of sulfonamides is 1. The average molecular weight is 446 g/mol. The van der Waals surface area contributed by atoms with Crippen molar-refractivity contribution in [1.29, 1.82) is 0 Å². The molecule has 134 valence electrons. The Hall–Kier alpha value is -1.57. The molecule has 2 aromatic carbocycles. The Balaban J connectivity index is 2.36. The SMILES string of the molecule is CC[C@H](C(=O)Nc1cccc(Br)c1)N(c1ccc(Cl)cc1)S(C)(=O)=O. The van der Waals surface area contributed by atoms with Crippen LogP contribution < -0.4 is 9.62 Å². The van der Waals surface area contributed by atoms with Gasteiger partial charge in [0.05, 0.1) is 11.9 Å². The summed E-state index contributed by atoms with van der Waals surface area (Å²) in [6.45, 7) is 1.76. The van der Waals surface area contributed by atoms with Crippen LogP contribution in [-0.4, -0.2) is 26.6 Å². The maximum absolute atomic E-state index is 12.7. The van der Waals surface area contributed by atoms with Crippen LogP contribution in [0.3, 0.4) is 0 Å². The van der Waals surface area contributed by atoms with Gasteiger partial charge < -0.3 is 5.32 Å². The quantitative estimate of drug-likeness (QED) is 0.721. The molecule has 0 heterocycles. The number of carbonyl (C=O) groups excluding carboxylic acids is 1. The fourth-order valence-corrected chi connectivity index (χ4v) is 4.18. The van der Waals surface area contributed by atoms with Crippen molar-refractivity contribution in [2.24, 2.45) is 0 Å². The highest BCUT2D eigenvalue weighted by atomic mass is 79.9. The van der Waals surface area contributed by atoms with E-state index in [-0.39, 0.29) is 0 Å². The minimum atomic E-state index is -3.67. The molecule has 0 aliphatic rings. The first-order chi connectivity index (χ1) is 11.7. The zero-order valence-corrected chi connectivity index (χ0v) is 16.9. The maximum atomic E-state index is 12.7. The lowest BCUT2D eigenvalue weighted by Gasteiger charge is -2.30. The number of benzene rings is 2. The molecule has 0 spiro atoms. The van der Waals surface area contributed by atoms with E-state index in [0.717, 1.165) is 15.0 Å². The van der Waals surface area contributed by atoms with Crippen molar-refractivity contribution in [2.75, 3.05) is 15.9 Å². The molecule has 5 nitrogen and oxygen atoms in total. The summed E-state index contributed by atoms with van der Waals surface area (Å²) >= 11 is 9.22. The summed E-state index contributed by atoms with van der Waals surface area (Å²) in [6.07, 6.45) is 1.40. The number of amides is 1. The fourth-order valence-electron chi connectivity index (χ4n) is 2.44. The number of nitrogens with one attached hydrogen (secondary N) is 1. The summed E-state index contributed by atoms with van der Waals surface area (Å²) in [4.78, 5) is 12.7. The van der Waals surface area contributed by atoms with Gasteiger partial charge in [0, 0.05) is 15.2 Å². The Labute approximate surface area is 161 Å². The van der Waals surface area contributed by atoms with E-state index >= 15 is 0 Å². The van der Waals surface area contributed by atoms with E-state index in [2.05, 4.69) is 21.2 Å². The molecule has 0 bridgehead atoms. The van der Waals surface area contributed by atoms with Crippen molar-refractivity contribution in [3.63, 3.8) is 0 Å². The highest BCUT2D eigenvalue weighted by molar-refractivity contribution is 9.10. The third-order valence-electron chi connectivity index (χ3n) is 3.50. The Morgan fingerprint density at radius 2 is 1.88 bits per heavy atom. The maximum Gasteiger partial charge on any atom is 0.248 e. The van der Waals surface area contributed by atoms with Crippen LogP contribution in [-0.2, 0) is 14.8 Å². The van der Waals surface area contributed by atoms with Crippen molar-refractivity contribution in [3.05, 3.63) is 58.0 Å². The summed E-state index contributed by atoms with van der Waals surface area (Å²) in [7, 11) is -3.67. The van der Waals surface area contributed by atoms with Gasteiger partial charge in [-0.15, -0.1) is 0 Å². The second kappa shape index (κ2) is 8.21. The van der Waals surface area contributed by atoms with Crippen molar-refractivity contribution in [1.82, 2.24) is 0 Å².